The van der Waals surface area contributed by atoms with Crippen LogP contribution < -0.4 is 4.74 Å². The summed E-state index contributed by atoms with van der Waals surface area (Å²) in [5, 5.41) is 14.3. The van der Waals surface area contributed by atoms with Gasteiger partial charge in [-0.1, -0.05) is 42.5 Å². The highest BCUT2D eigenvalue weighted by atomic mass is 16.5. The van der Waals surface area contributed by atoms with Crippen LogP contribution in [0.25, 0.3) is 32.7 Å². The molecule has 1 aromatic heterocycles. The van der Waals surface area contributed by atoms with Gasteiger partial charge >= 0.3 is 0 Å². The smallest absolute Gasteiger partial charge is 0.221 e. The highest BCUT2D eigenvalue weighted by molar-refractivity contribution is 6.03. The normalized spacial score (nSPS) is 11.0. The van der Waals surface area contributed by atoms with Gasteiger partial charge in [-0.2, -0.15) is 0 Å². The molecule has 112 valence electrons. The predicted molar refractivity (Wildman–Crippen MR) is 92.9 cm³/mol. The van der Waals surface area contributed by atoms with Crippen molar-refractivity contribution in [3.8, 4) is 22.8 Å². The van der Waals surface area contributed by atoms with Crippen LogP contribution in [0.1, 0.15) is 0 Å². The van der Waals surface area contributed by atoms with Crippen molar-refractivity contribution < 1.29 is 9.84 Å². The maximum atomic E-state index is 10.4. The van der Waals surface area contributed by atoms with Crippen LogP contribution in [-0.2, 0) is 0 Å². The second-order valence-electron chi connectivity index (χ2n) is 5.44. The van der Waals surface area contributed by atoms with Crippen molar-refractivity contribution >= 4 is 21.5 Å². The van der Waals surface area contributed by atoms with E-state index in [0.29, 0.717) is 5.88 Å². The molecule has 4 aromatic rings. The number of benzene rings is 3. The fourth-order valence-electron chi connectivity index (χ4n) is 3.00. The Balaban J connectivity index is 2.04. The Labute approximate surface area is 133 Å². The molecule has 0 amide bonds. The summed E-state index contributed by atoms with van der Waals surface area (Å²) in [6.07, 6.45) is 1.75. The van der Waals surface area contributed by atoms with E-state index in [1.165, 1.54) is 5.39 Å². The van der Waals surface area contributed by atoms with Crippen molar-refractivity contribution in [1.82, 2.24) is 4.98 Å². The number of aromatic hydroxyl groups is 1. The lowest BCUT2D eigenvalue weighted by atomic mass is 9.97. The second kappa shape index (κ2) is 5.29. The summed E-state index contributed by atoms with van der Waals surface area (Å²) in [5.41, 5.74) is 1.91. The number of ether oxygens (including phenoxy) is 1. The molecule has 0 spiro atoms. The Kier molecular flexibility index (Phi) is 3.12. The summed E-state index contributed by atoms with van der Waals surface area (Å²) in [7, 11) is 1.58. The van der Waals surface area contributed by atoms with Gasteiger partial charge in [0.25, 0.3) is 0 Å². The lowest BCUT2D eigenvalue weighted by molar-refractivity contribution is 0.403. The van der Waals surface area contributed by atoms with Crippen LogP contribution in [0.4, 0.5) is 0 Å². The average molecular weight is 301 g/mol. The first-order chi connectivity index (χ1) is 11.3. The van der Waals surface area contributed by atoms with E-state index in [1.54, 1.807) is 25.4 Å². The van der Waals surface area contributed by atoms with Crippen molar-refractivity contribution in [3.63, 3.8) is 0 Å². The number of phenolic OH excluding ortho intramolecular Hbond substituents is 1. The van der Waals surface area contributed by atoms with Gasteiger partial charge in [-0.05, 0) is 34.5 Å². The van der Waals surface area contributed by atoms with Crippen LogP contribution in [0.5, 0.6) is 11.6 Å². The first-order valence-electron chi connectivity index (χ1n) is 7.42. The predicted octanol–water partition coefficient (Wildman–Crippen LogP) is 4.77. The molecule has 4 rings (SSSR count). The molecule has 0 fully saturated rings. The van der Waals surface area contributed by atoms with Gasteiger partial charge in [0.1, 0.15) is 5.75 Å². The molecule has 0 saturated carbocycles. The van der Waals surface area contributed by atoms with E-state index in [1.807, 2.05) is 18.2 Å². The Morgan fingerprint density at radius 3 is 2.57 bits per heavy atom. The molecule has 0 aliphatic carbocycles. The minimum Gasteiger partial charge on any atom is -0.507 e. The number of fused-ring (bicyclic) bond motifs is 2. The van der Waals surface area contributed by atoms with E-state index in [4.69, 9.17) is 4.74 Å². The highest BCUT2D eigenvalue weighted by Crippen LogP contribution is 2.38. The van der Waals surface area contributed by atoms with Crippen molar-refractivity contribution in [2.75, 3.05) is 7.11 Å². The van der Waals surface area contributed by atoms with E-state index in [2.05, 4.69) is 35.3 Å². The van der Waals surface area contributed by atoms with Crippen LogP contribution >= 0.6 is 0 Å². The van der Waals surface area contributed by atoms with E-state index in [-0.39, 0.29) is 5.75 Å². The topological polar surface area (TPSA) is 42.4 Å². The summed E-state index contributed by atoms with van der Waals surface area (Å²) < 4.78 is 5.32. The minimum atomic E-state index is 0.228. The number of rotatable bonds is 2. The third kappa shape index (κ3) is 2.18. The molecule has 23 heavy (non-hydrogen) atoms. The van der Waals surface area contributed by atoms with E-state index >= 15 is 0 Å². The van der Waals surface area contributed by atoms with Crippen LogP contribution in [0.15, 0.2) is 66.9 Å². The van der Waals surface area contributed by atoms with Crippen molar-refractivity contribution in [2.45, 2.75) is 0 Å². The third-order valence-corrected chi connectivity index (χ3v) is 4.11. The first kappa shape index (κ1) is 13.6. The van der Waals surface area contributed by atoms with Crippen LogP contribution in [0.3, 0.4) is 0 Å². The molecule has 3 heteroatoms. The monoisotopic (exact) mass is 301 g/mol. The number of phenols is 1. The molecule has 0 aliphatic heterocycles. The minimum absolute atomic E-state index is 0.228. The van der Waals surface area contributed by atoms with Crippen molar-refractivity contribution in [1.29, 1.82) is 0 Å². The van der Waals surface area contributed by atoms with Gasteiger partial charge in [0.15, 0.2) is 0 Å². The lowest BCUT2D eigenvalue weighted by Crippen LogP contribution is -1.92. The quantitative estimate of drug-likeness (QED) is 0.580. The van der Waals surface area contributed by atoms with E-state index in [0.717, 1.165) is 27.3 Å². The number of pyridine rings is 1. The number of methoxy groups -OCH3 is 1. The molecular weight excluding hydrogens is 286 g/mol. The molecule has 0 bridgehead atoms. The molecule has 0 aliphatic rings. The fourth-order valence-corrected chi connectivity index (χ4v) is 3.00. The van der Waals surface area contributed by atoms with Crippen molar-refractivity contribution in [3.05, 3.63) is 66.9 Å². The van der Waals surface area contributed by atoms with Gasteiger partial charge in [0, 0.05) is 22.5 Å². The molecule has 0 saturated heterocycles. The van der Waals surface area contributed by atoms with Crippen LogP contribution in [-0.4, -0.2) is 17.2 Å². The Morgan fingerprint density at radius 1 is 0.913 bits per heavy atom. The molecule has 1 heterocycles. The van der Waals surface area contributed by atoms with E-state index in [9.17, 15) is 5.11 Å². The van der Waals surface area contributed by atoms with Gasteiger partial charge in [0.05, 0.1) is 7.11 Å². The van der Waals surface area contributed by atoms with Gasteiger partial charge in [-0.15, -0.1) is 0 Å². The summed E-state index contributed by atoms with van der Waals surface area (Å²) >= 11 is 0. The number of hydrogen-bond donors (Lipinski definition) is 1. The first-order valence-corrected chi connectivity index (χ1v) is 7.42. The molecule has 0 unspecified atom stereocenters. The van der Waals surface area contributed by atoms with Gasteiger partial charge < -0.3 is 9.84 Å². The largest absolute Gasteiger partial charge is 0.507 e. The standard InChI is InChI=1S/C20H15NO2/c1-23-20-16-7-4-8-18(22)19(16)17(12-21-20)15-10-9-13-5-2-3-6-14(13)11-15/h2-12,22H,1H3. The fraction of sp³-hybridized carbons (Fsp3) is 0.0500. The molecule has 3 nitrogen and oxygen atoms in total. The molecule has 0 atom stereocenters. The molecule has 1 N–H and O–H groups in total. The summed E-state index contributed by atoms with van der Waals surface area (Å²) in [6.45, 7) is 0. The molecule has 3 aromatic carbocycles. The zero-order chi connectivity index (χ0) is 15.8. The Morgan fingerprint density at radius 2 is 1.74 bits per heavy atom. The zero-order valence-corrected chi connectivity index (χ0v) is 12.7. The van der Waals surface area contributed by atoms with Gasteiger partial charge in [-0.25, -0.2) is 4.98 Å². The Hall–Kier alpha value is -3.07. The van der Waals surface area contributed by atoms with Crippen molar-refractivity contribution in [2.24, 2.45) is 0 Å². The maximum absolute atomic E-state index is 10.4. The SMILES string of the molecule is COc1ncc(-c2ccc3ccccc3c2)c2c(O)cccc12. The van der Waals surface area contributed by atoms with Gasteiger partial charge in [-0.3, -0.25) is 0 Å². The van der Waals surface area contributed by atoms with Crippen LogP contribution in [0.2, 0.25) is 0 Å². The van der Waals surface area contributed by atoms with Crippen LogP contribution in [0, 0.1) is 0 Å². The molecule has 0 radical (unpaired) electrons. The summed E-state index contributed by atoms with van der Waals surface area (Å²) in [5.74, 6) is 0.742. The highest BCUT2D eigenvalue weighted by Gasteiger charge is 2.13. The number of hydrogen-bond acceptors (Lipinski definition) is 3. The van der Waals surface area contributed by atoms with E-state index < -0.39 is 0 Å². The Bertz CT molecular complexity index is 1020. The lowest BCUT2D eigenvalue weighted by Gasteiger charge is -2.11. The second-order valence-corrected chi connectivity index (χ2v) is 5.44. The number of aromatic nitrogens is 1. The maximum Gasteiger partial charge on any atom is 0.221 e. The zero-order valence-electron chi connectivity index (χ0n) is 12.7. The number of nitrogens with zero attached hydrogens (tertiary/aromatic N) is 1. The third-order valence-electron chi connectivity index (χ3n) is 4.11. The summed E-state index contributed by atoms with van der Waals surface area (Å²) in [4.78, 5) is 4.39. The average Bonchev–Trinajstić information content (AvgIpc) is 2.60. The molecular formula is C20H15NO2. The van der Waals surface area contributed by atoms with Gasteiger partial charge in [0.2, 0.25) is 5.88 Å². The summed E-state index contributed by atoms with van der Waals surface area (Å²) in [6, 6.07) is 19.9.